The van der Waals surface area contributed by atoms with Gasteiger partial charge in [-0.15, -0.1) is 0 Å². The smallest absolute Gasteiger partial charge is 0.296 e. The van der Waals surface area contributed by atoms with E-state index in [9.17, 15) is 19.5 Å². The molecule has 1 amide bonds. The van der Waals surface area contributed by atoms with E-state index < -0.39 is 23.5 Å². The van der Waals surface area contributed by atoms with Gasteiger partial charge in [0.15, 0.2) is 22.4 Å². The fourth-order valence-electron chi connectivity index (χ4n) is 3.79. The van der Waals surface area contributed by atoms with Crippen LogP contribution in [0.2, 0.25) is 0 Å². The van der Waals surface area contributed by atoms with Gasteiger partial charge in [-0.2, -0.15) is 0 Å². The van der Waals surface area contributed by atoms with Crippen molar-refractivity contribution < 1.29 is 28.6 Å². The molecule has 0 saturated heterocycles. The molecule has 1 N–H and O–H groups in total. The van der Waals surface area contributed by atoms with Crippen molar-refractivity contribution in [3.63, 3.8) is 0 Å². The number of nitrogens with zero attached hydrogens (tertiary/aromatic N) is 2. The second-order valence-electron chi connectivity index (χ2n) is 7.55. The Bertz CT molecular complexity index is 1300. The highest BCUT2D eigenvalue weighted by molar-refractivity contribution is 7.17. The van der Waals surface area contributed by atoms with Crippen molar-refractivity contribution in [3.05, 3.63) is 75.4 Å². The number of ether oxygens (including phenoxy) is 1. The zero-order valence-electron chi connectivity index (χ0n) is 18.5. The van der Waals surface area contributed by atoms with Crippen LogP contribution in [-0.2, 0) is 4.79 Å². The SMILES string of the molecule is CCOc1cccc(C2C(C(=O)c3ccc(C)o3)=C(O)C(=O)N2c2nc(C)c(C(C)=O)s2)c1. The molecule has 1 atom stereocenters. The number of hydrogen-bond donors (Lipinski definition) is 1. The van der Waals surface area contributed by atoms with Crippen LogP contribution in [0.25, 0.3) is 0 Å². The maximum absolute atomic E-state index is 13.4. The van der Waals surface area contributed by atoms with Gasteiger partial charge >= 0.3 is 0 Å². The lowest BCUT2D eigenvalue weighted by molar-refractivity contribution is -0.117. The number of furan rings is 1. The standard InChI is InChI=1S/C24H22N2O6S/c1-5-31-16-8-6-7-15(11-16)19-18(20(28)17-10-9-12(2)32-17)21(29)23(30)26(19)24-25-13(3)22(33-24)14(4)27/h6-11,19,29H,5H2,1-4H3. The summed E-state index contributed by atoms with van der Waals surface area (Å²) < 4.78 is 11.1. The fourth-order valence-corrected chi connectivity index (χ4v) is 4.78. The summed E-state index contributed by atoms with van der Waals surface area (Å²) in [7, 11) is 0. The van der Waals surface area contributed by atoms with Crippen LogP contribution in [0, 0.1) is 13.8 Å². The molecule has 0 saturated carbocycles. The van der Waals surface area contributed by atoms with E-state index in [1.54, 1.807) is 44.2 Å². The lowest BCUT2D eigenvalue weighted by Gasteiger charge is -2.24. The Morgan fingerprint density at radius 3 is 2.61 bits per heavy atom. The number of carbonyl (C=O) groups excluding carboxylic acids is 3. The normalized spacial score (nSPS) is 15.9. The Kier molecular flexibility index (Phi) is 5.90. The quantitative estimate of drug-likeness (QED) is 0.501. The van der Waals surface area contributed by atoms with Crippen LogP contribution in [0.5, 0.6) is 5.75 Å². The number of thiazole rings is 1. The van der Waals surface area contributed by atoms with E-state index in [4.69, 9.17) is 9.15 Å². The first kappa shape index (κ1) is 22.5. The topological polar surface area (TPSA) is 110 Å². The summed E-state index contributed by atoms with van der Waals surface area (Å²) in [6, 6.07) is 9.09. The molecule has 4 rings (SSSR count). The number of rotatable bonds is 7. The molecule has 2 aromatic heterocycles. The summed E-state index contributed by atoms with van der Waals surface area (Å²) in [5, 5.41) is 11.0. The van der Waals surface area contributed by atoms with E-state index in [1.165, 1.54) is 17.9 Å². The number of hydrogen-bond acceptors (Lipinski definition) is 8. The number of aryl methyl sites for hydroxylation is 2. The molecule has 3 heterocycles. The lowest BCUT2D eigenvalue weighted by atomic mass is 9.95. The van der Waals surface area contributed by atoms with Crippen LogP contribution in [0.15, 0.2) is 52.1 Å². The van der Waals surface area contributed by atoms with Gasteiger partial charge < -0.3 is 14.3 Å². The van der Waals surface area contributed by atoms with Crippen molar-refractivity contribution in [2.75, 3.05) is 11.5 Å². The zero-order chi connectivity index (χ0) is 23.9. The number of aliphatic hydroxyl groups is 1. The van der Waals surface area contributed by atoms with Gasteiger partial charge in [-0.25, -0.2) is 4.98 Å². The molecular formula is C24H22N2O6S. The minimum absolute atomic E-state index is 0.00871. The Balaban J connectivity index is 1.89. The highest BCUT2D eigenvalue weighted by atomic mass is 32.1. The van der Waals surface area contributed by atoms with Gasteiger partial charge in [-0.3, -0.25) is 19.3 Å². The molecule has 8 nitrogen and oxygen atoms in total. The first-order chi connectivity index (χ1) is 15.7. The van der Waals surface area contributed by atoms with E-state index >= 15 is 0 Å². The molecule has 0 radical (unpaired) electrons. The van der Waals surface area contributed by atoms with Crippen molar-refractivity contribution in [3.8, 4) is 5.75 Å². The third-order valence-electron chi connectivity index (χ3n) is 5.21. The molecule has 1 aliphatic heterocycles. The molecule has 3 aromatic rings. The van der Waals surface area contributed by atoms with Crippen LogP contribution in [0.1, 0.15) is 57.1 Å². The van der Waals surface area contributed by atoms with E-state index in [2.05, 4.69) is 4.98 Å². The Morgan fingerprint density at radius 2 is 2.00 bits per heavy atom. The monoisotopic (exact) mass is 466 g/mol. The van der Waals surface area contributed by atoms with Gasteiger partial charge in [-0.05, 0) is 50.6 Å². The molecule has 1 aromatic carbocycles. The summed E-state index contributed by atoms with van der Waals surface area (Å²) in [4.78, 5) is 44.6. The van der Waals surface area contributed by atoms with Gasteiger partial charge in [0.05, 0.1) is 28.8 Å². The predicted molar refractivity (Wildman–Crippen MR) is 122 cm³/mol. The summed E-state index contributed by atoms with van der Waals surface area (Å²) >= 11 is 1.04. The molecular weight excluding hydrogens is 444 g/mol. The van der Waals surface area contributed by atoms with Gasteiger partial charge in [0.25, 0.3) is 5.91 Å². The third kappa shape index (κ3) is 3.95. The van der Waals surface area contributed by atoms with Gasteiger partial charge in [0.2, 0.25) is 5.78 Å². The van der Waals surface area contributed by atoms with Crippen LogP contribution < -0.4 is 9.64 Å². The van der Waals surface area contributed by atoms with Crippen molar-refractivity contribution in [2.24, 2.45) is 0 Å². The number of anilines is 1. The number of Topliss-reactive ketones (excluding diaryl/α,β-unsaturated/α-hetero) is 2. The van der Waals surface area contributed by atoms with Crippen LogP contribution in [0.4, 0.5) is 5.13 Å². The number of ketones is 2. The molecule has 0 bridgehead atoms. The number of aromatic nitrogens is 1. The van der Waals surface area contributed by atoms with Gasteiger partial charge in [0.1, 0.15) is 11.5 Å². The second-order valence-corrected chi connectivity index (χ2v) is 8.53. The Hall–Kier alpha value is -3.72. The van der Waals surface area contributed by atoms with E-state index in [0.29, 0.717) is 34.3 Å². The molecule has 0 fully saturated rings. The Morgan fingerprint density at radius 1 is 1.24 bits per heavy atom. The summed E-state index contributed by atoms with van der Waals surface area (Å²) in [5.41, 5.74) is 0.889. The molecule has 0 aliphatic carbocycles. The molecule has 33 heavy (non-hydrogen) atoms. The van der Waals surface area contributed by atoms with Crippen molar-refractivity contribution in [1.82, 2.24) is 4.98 Å². The highest BCUT2D eigenvalue weighted by Crippen LogP contribution is 2.44. The van der Waals surface area contributed by atoms with E-state index in [0.717, 1.165) is 11.3 Å². The van der Waals surface area contributed by atoms with Gasteiger partial charge in [0, 0.05) is 6.92 Å². The molecule has 0 spiro atoms. The van der Waals surface area contributed by atoms with Crippen LogP contribution >= 0.6 is 11.3 Å². The number of amides is 1. The van der Waals surface area contributed by atoms with Crippen molar-refractivity contribution in [1.29, 1.82) is 0 Å². The highest BCUT2D eigenvalue weighted by Gasteiger charge is 2.46. The first-order valence-electron chi connectivity index (χ1n) is 10.3. The average molecular weight is 467 g/mol. The van der Waals surface area contributed by atoms with Gasteiger partial charge in [-0.1, -0.05) is 23.5 Å². The van der Waals surface area contributed by atoms with E-state index in [1.807, 2.05) is 6.92 Å². The average Bonchev–Trinajstić information content (AvgIpc) is 3.45. The number of aliphatic hydroxyl groups excluding tert-OH is 1. The van der Waals surface area contributed by atoms with Crippen molar-refractivity contribution >= 4 is 33.9 Å². The predicted octanol–water partition coefficient (Wildman–Crippen LogP) is 4.74. The minimum Gasteiger partial charge on any atom is -0.503 e. The minimum atomic E-state index is -0.985. The molecule has 9 heteroatoms. The van der Waals surface area contributed by atoms with Crippen LogP contribution in [-0.4, -0.2) is 34.2 Å². The first-order valence-corrected chi connectivity index (χ1v) is 11.1. The fraction of sp³-hybridized carbons (Fsp3) is 0.250. The maximum atomic E-state index is 13.4. The molecule has 1 aliphatic rings. The number of benzene rings is 1. The summed E-state index contributed by atoms with van der Waals surface area (Å²) in [6.45, 7) is 7.07. The molecule has 170 valence electrons. The van der Waals surface area contributed by atoms with Crippen molar-refractivity contribution in [2.45, 2.75) is 33.7 Å². The lowest BCUT2D eigenvalue weighted by Crippen LogP contribution is -2.31. The summed E-state index contributed by atoms with van der Waals surface area (Å²) in [6.07, 6.45) is 0. The number of carbonyl (C=O) groups is 3. The summed E-state index contributed by atoms with van der Waals surface area (Å²) in [5.74, 6) is -1.17. The van der Waals surface area contributed by atoms with E-state index in [-0.39, 0.29) is 22.2 Å². The molecule has 1 unspecified atom stereocenters. The zero-order valence-corrected chi connectivity index (χ0v) is 19.4. The van der Waals surface area contributed by atoms with Crippen LogP contribution in [0.3, 0.4) is 0 Å². The Labute approximate surface area is 194 Å². The largest absolute Gasteiger partial charge is 0.503 e. The maximum Gasteiger partial charge on any atom is 0.296 e. The third-order valence-corrected chi connectivity index (χ3v) is 6.47. The second kappa shape index (κ2) is 8.67.